The minimum Gasteiger partial charge on any atom is -0.491 e. The maximum Gasteiger partial charge on any atom is 0.201 e. The Morgan fingerprint density at radius 2 is 1.37 bits per heavy atom. The molecule has 1 fully saturated rings. The highest BCUT2D eigenvalue weighted by Crippen LogP contribution is 2.43. The van der Waals surface area contributed by atoms with E-state index in [4.69, 9.17) is 4.74 Å². The molecule has 0 bridgehead atoms. The highest BCUT2D eigenvalue weighted by Gasteiger charge is 2.30. The molecule has 5 rings (SSSR count). The fourth-order valence-corrected chi connectivity index (χ4v) is 7.33. The van der Waals surface area contributed by atoms with E-state index in [-0.39, 0.29) is 41.0 Å². The van der Waals surface area contributed by atoms with E-state index in [0.29, 0.717) is 49.0 Å². The standard InChI is InChI=1S/C38H42F6O2/c1-3-5-31(45)30-19-18-29(36(42)37(30)43)28-17-16-26(33(39)35(28)41)11-8-22-6-9-23(10-7-22)24-12-14-25(15-13-24)27-20-21-32(46-4-2)38(44)34(27)40/h14,16-24,31,45H,3-13,15H2,1-2H3. The van der Waals surface area contributed by atoms with E-state index < -0.39 is 41.0 Å². The van der Waals surface area contributed by atoms with E-state index in [9.17, 15) is 22.7 Å². The van der Waals surface area contributed by atoms with Crippen LogP contribution in [0.25, 0.3) is 16.7 Å². The van der Waals surface area contributed by atoms with Crippen LogP contribution >= 0.6 is 0 Å². The minimum atomic E-state index is -1.31. The molecule has 0 aromatic heterocycles. The zero-order valence-electron chi connectivity index (χ0n) is 26.5. The van der Waals surface area contributed by atoms with E-state index in [0.717, 1.165) is 44.1 Å². The Morgan fingerprint density at radius 3 is 2.02 bits per heavy atom. The smallest absolute Gasteiger partial charge is 0.201 e. The fourth-order valence-electron chi connectivity index (χ4n) is 7.33. The van der Waals surface area contributed by atoms with Crippen molar-refractivity contribution in [2.75, 3.05) is 6.61 Å². The predicted molar refractivity (Wildman–Crippen MR) is 168 cm³/mol. The maximum absolute atomic E-state index is 15.1. The third-order valence-corrected chi connectivity index (χ3v) is 10.0. The van der Waals surface area contributed by atoms with Gasteiger partial charge in [-0.3, -0.25) is 0 Å². The van der Waals surface area contributed by atoms with Gasteiger partial charge in [-0.1, -0.05) is 56.5 Å². The Kier molecular flexibility index (Phi) is 11.2. The van der Waals surface area contributed by atoms with Crippen molar-refractivity contribution < 1.29 is 36.2 Å². The van der Waals surface area contributed by atoms with Gasteiger partial charge in [0.15, 0.2) is 34.8 Å². The van der Waals surface area contributed by atoms with Crippen LogP contribution in [0.3, 0.4) is 0 Å². The van der Waals surface area contributed by atoms with Crippen molar-refractivity contribution in [1.82, 2.24) is 0 Å². The van der Waals surface area contributed by atoms with Gasteiger partial charge in [-0.25, -0.2) is 22.0 Å². The van der Waals surface area contributed by atoms with Crippen molar-refractivity contribution in [1.29, 1.82) is 0 Å². The van der Waals surface area contributed by atoms with Crippen LogP contribution in [0, 0.1) is 52.7 Å². The molecule has 0 spiro atoms. The lowest BCUT2D eigenvalue weighted by atomic mass is 9.70. The number of aliphatic hydroxyl groups is 1. The third-order valence-electron chi connectivity index (χ3n) is 10.0. The highest BCUT2D eigenvalue weighted by atomic mass is 19.2. The molecule has 2 atom stereocenters. The van der Waals surface area contributed by atoms with E-state index in [1.165, 1.54) is 30.3 Å². The van der Waals surface area contributed by atoms with Crippen LogP contribution in [0.4, 0.5) is 26.3 Å². The first-order valence-electron chi connectivity index (χ1n) is 16.6. The van der Waals surface area contributed by atoms with Gasteiger partial charge in [-0.2, -0.15) is 4.39 Å². The average Bonchev–Trinajstić information content (AvgIpc) is 3.06. The number of allylic oxidation sites excluding steroid dienone is 2. The molecule has 2 aliphatic rings. The lowest BCUT2D eigenvalue weighted by Gasteiger charge is -2.35. The van der Waals surface area contributed by atoms with E-state index in [2.05, 4.69) is 0 Å². The summed E-state index contributed by atoms with van der Waals surface area (Å²) in [7, 11) is 0. The molecule has 2 aliphatic carbocycles. The molecular weight excluding hydrogens is 602 g/mol. The SMILES string of the molecule is CCCC(O)c1ccc(-c2ccc(CCC3CCC(C4CC=C(c5ccc(OCC)c(F)c5F)CC4)CC3)c(F)c2F)c(F)c1F. The molecule has 0 amide bonds. The fraction of sp³-hybridized carbons (Fsp3) is 0.474. The van der Waals surface area contributed by atoms with Gasteiger partial charge < -0.3 is 9.84 Å². The van der Waals surface area contributed by atoms with Crippen LogP contribution in [0.2, 0.25) is 0 Å². The molecule has 2 nitrogen and oxygen atoms in total. The van der Waals surface area contributed by atoms with Gasteiger partial charge in [0.25, 0.3) is 0 Å². The highest BCUT2D eigenvalue weighted by molar-refractivity contribution is 5.68. The van der Waals surface area contributed by atoms with Crippen LogP contribution in [0.15, 0.2) is 42.5 Å². The Hall–Kier alpha value is -3.26. The number of aliphatic hydroxyl groups excluding tert-OH is 1. The molecule has 3 aromatic rings. The summed E-state index contributed by atoms with van der Waals surface area (Å²) in [6, 6.07) is 8.23. The van der Waals surface area contributed by atoms with Gasteiger partial charge in [0.2, 0.25) is 5.82 Å². The Labute approximate surface area is 267 Å². The summed E-state index contributed by atoms with van der Waals surface area (Å²) in [5.74, 6) is -5.30. The minimum absolute atomic E-state index is 0.0719. The van der Waals surface area contributed by atoms with E-state index in [1.807, 2.05) is 13.0 Å². The number of ether oxygens (including phenoxy) is 1. The molecule has 0 saturated heterocycles. The number of halogens is 6. The zero-order chi connectivity index (χ0) is 33.0. The largest absolute Gasteiger partial charge is 0.491 e. The van der Waals surface area contributed by atoms with E-state index >= 15 is 8.78 Å². The van der Waals surface area contributed by atoms with Gasteiger partial charge in [0.1, 0.15) is 0 Å². The lowest BCUT2D eigenvalue weighted by molar-refractivity contribution is 0.160. The van der Waals surface area contributed by atoms with Crippen LogP contribution in [0.5, 0.6) is 5.75 Å². The second-order valence-electron chi connectivity index (χ2n) is 12.8. The summed E-state index contributed by atoms with van der Waals surface area (Å²) >= 11 is 0. The monoisotopic (exact) mass is 644 g/mol. The Morgan fingerprint density at radius 1 is 0.717 bits per heavy atom. The number of aryl methyl sites for hydroxylation is 1. The molecule has 0 aliphatic heterocycles. The molecule has 2 unspecified atom stereocenters. The second-order valence-corrected chi connectivity index (χ2v) is 12.8. The number of hydrogen-bond acceptors (Lipinski definition) is 2. The number of benzene rings is 3. The summed E-state index contributed by atoms with van der Waals surface area (Å²) in [6.07, 6.45) is 9.22. The molecule has 0 radical (unpaired) electrons. The molecule has 46 heavy (non-hydrogen) atoms. The summed E-state index contributed by atoms with van der Waals surface area (Å²) < 4.78 is 94.1. The van der Waals surface area contributed by atoms with Crippen LogP contribution in [-0.2, 0) is 6.42 Å². The average molecular weight is 645 g/mol. The van der Waals surface area contributed by atoms with Gasteiger partial charge in [-0.15, -0.1) is 0 Å². The van der Waals surface area contributed by atoms with Crippen LogP contribution in [-0.4, -0.2) is 11.7 Å². The Bertz CT molecular complexity index is 1560. The predicted octanol–water partition coefficient (Wildman–Crippen LogP) is 11.0. The molecule has 8 heteroatoms. The summed E-state index contributed by atoms with van der Waals surface area (Å²) in [6.45, 7) is 3.79. The topological polar surface area (TPSA) is 29.5 Å². The molecule has 3 aromatic carbocycles. The molecule has 1 saturated carbocycles. The normalized spacial score (nSPS) is 20.8. The van der Waals surface area contributed by atoms with Crippen molar-refractivity contribution in [3.8, 4) is 16.9 Å². The summed E-state index contributed by atoms with van der Waals surface area (Å²) in [4.78, 5) is 0. The van der Waals surface area contributed by atoms with Gasteiger partial charge in [0.05, 0.1) is 12.7 Å². The zero-order valence-corrected chi connectivity index (χ0v) is 26.5. The molecular formula is C38H42F6O2. The third kappa shape index (κ3) is 7.17. The van der Waals surface area contributed by atoms with Gasteiger partial charge in [0, 0.05) is 22.3 Å². The van der Waals surface area contributed by atoms with Crippen molar-refractivity contribution in [3.05, 3.63) is 94.1 Å². The first kappa shape index (κ1) is 34.1. The van der Waals surface area contributed by atoms with Crippen molar-refractivity contribution >= 4 is 5.57 Å². The maximum atomic E-state index is 15.1. The van der Waals surface area contributed by atoms with Gasteiger partial charge >= 0.3 is 0 Å². The van der Waals surface area contributed by atoms with Gasteiger partial charge in [-0.05, 0) is 99.3 Å². The van der Waals surface area contributed by atoms with Crippen molar-refractivity contribution in [3.63, 3.8) is 0 Å². The molecule has 1 N–H and O–H groups in total. The van der Waals surface area contributed by atoms with Crippen LogP contribution < -0.4 is 4.74 Å². The van der Waals surface area contributed by atoms with Crippen LogP contribution in [0.1, 0.15) is 101 Å². The first-order chi connectivity index (χ1) is 22.1. The molecule has 248 valence electrons. The second kappa shape index (κ2) is 15.1. The quantitative estimate of drug-likeness (QED) is 0.211. The van der Waals surface area contributed by atoms with Crippen molar-refractivity contribution in [2.45, 2.75) is 90.6 Å². The number of rotatable bonds is 11. The Balaban J connectivity index is 1.15. The number of hydrogen-bond donors (Lipinski definition) is 1. The van der Waals surface area contributed by atoms with Crippen molar-refractivity contribution in [2.24, 2.45) is 17.8 Å². The summed E-state index contributed by atoms with van der Waals surface area (Å²) in [5, 5.41) is 10.1. The molecule has 0 heterocycles. The van der Waals surface area contributed by atoms with E-state index in [1.54, 1.807) is 13.0 Å². The summed E-state index contributed by atoms with van der Waals surface area (Å²) in [5.41, 5.74) is 0.415. The first-order valence-corrected chi connectivity index (χ1v) is 16.6. The lowest BCUT2D eigenvalue weighted by Crippen LogP contribution is -2.23.